The van der Waals surface area contributed by atoms with Crippen LogP contribution in [0.1, 0.15) is 6.92 Å². The molecule has 2 aromatic carbocycles. The molecule has 1 aliphatic heterocycles. The number of carbonyl (C=O) groups is 1. The van der Waals surface area contributed by atoms with Crippen molar-refractivity contribution in [1.82, 2.24) is 9.21 Å². The van der Waals surface area contributed by atoms with Crippen LogP contribution in [0.15, 0.2) is 47.4 Å². The van der Waals surface area contributed by atoms with E-state index in [-0.39, 0.29) is 36.8 Å². The van der Waals surface area contributed by atoms with Crippen LogP contribution < -0.4 is 5.32 Å². The fourth-order valence-corrected chi connectivity index (χ4v) is 4.56. The highest BCUT2D eigenvalue weighted by Gasteiger charge is 2.32. The predicted octanol–water partition coefficient (Wildman–Crippen LogP) is 2.44. The van der Waals surface area contributed by atoms with Gasteiger partial charge in [-0.2, -0.15) is 4.31 Å². The van der Waals surface area contributed by atoms with Gasteiger partial charge in [-0.05, 0) is 37.3 Å². The van der Waals surface area contributed by atoms with Crippen molar-refractivity contribution in [1.29, 1.82) is 0 Å². The third-order valence-corrected chi connectivity index (χ3v) is 6.72. The molecule has 1 heterocycles. The number of benzene rings is 2. The van der Waals surface area contributed by atoms with Crippen LogP contribution in [-0.4, -0.2) is 55.8 Å². The summed E-state index contributed by atoms with van der Waals surface area (Å²) in [5.74, 6) is -2.60. The molecular weight excluding hydrogens is 407 g/mol. The van der Waals surface area contributed by atoms with E-state index >= 15 is 0 Å². The van der Waals surface area contributed by atoms with Crippen molar-refractivity contribution < 1.29 is 26.4 Å². The number of amides is 1. The Hall–Kier alpha value is -2.43. The maximum atomic E-state index is 13.7. The Kier molecular flexibility index (Phi) is 6.25. The maximum Gasteiger partial charge on any atom is 0.243 e. The second-order valence-corrected chi connectivity index (χ2v) is 8.62. The fourth-order valence-electron chi connectivity index (χ4n) is 3.10. The molecule has 1 amide bonds. The molecule has 3 rings (SSSR count). The Bertz CT molecular complexity index is 1010. The summed E-state index contributed by atoms with van der Waals surface area (Å²) in [6, 6.07) is 6.87. The van der Waals surface area contributed by atoms with Gasteiger partial charge in [-0.1, -0.05) is 6.07 Å². The monoisotopic (exact) mass is 427 g/mol. The molecule has 0 saturated carbocycles. The van der Waals surface area contributed by atoms with Crippen LogP contribution in [0.5, 0.6) is 0 Å². The summed E-state index contributed by atoms with van der Waals surface area (Å²) in [6.07, 6.45) is 0. The van der Waals surface area contributed by atoms with Gasteiger partial charge in [-0.3, -0.25) is 9.69 Å². The smallest absolute Gasteiger partial charge is 0.243 e. The van der Waals surface area contributed by atoms with Gasteiger partial charge in [0.1, 0.15) is 17.5 Å². The van der Waals surface area contributed by atoms with Crippen molar-refractivity contribution in [2.75, 3.05) is 31.5 Å². The number of sulfonamides is 1. The number of carbonyl (C=O) groups excluding carboxylic acids is 1. The SMILES string of the molecule is CC(C(=O)Nc1cc(F)ccc1F)N1CCN(S(=O)(=O)c2cccc(F)c2)CC1. The van der Waals surface area contributed by atoms with Gasteiger partial charge in [-0.25, -0.2) is 21.6 Å². The molecule has 2 aromatic rings. The number of anilines is 1. The Labute approximate surface area is 167 Å². The van der Waals surface area contributed by atoms with Gasteiger partial charge in [-0.15, -0.1) is 0 Å². The first-order valence-electron chi connectivity index (χ1n) is 8.94. The van der Waals surface area contributed by atoms with Crippen LogP contribution >= 0.6 is 0 Å². The predicted molar refractivity (Wildman–Crippen MR) is 101 cm³/mol. The van der Waals surface area contributed by atoms with Crippen molar-refractivity contribution in [3.8, 4) is 0 Å². The quantitative estimate of drug-likeness (QED) is 0.796. The Morgan fingerprint density at radius 1 is 1.00 bits per heavy atom. The molecule has 1 saturated heterocycles. The van der Waals surface area contributed by atoms with Crippen LogP contribution in [0, 0.1) is 17.5 Å². The fraction of sp³-hybridized carbons (Fsp3) is 0.316. The summed E-state index contributed by atoms with van der Waals surface area (Å²) in [5, 5.41) is 2.35. The summed E-state index contributed by atoms with van der Waals surface area (Å²) in [7, 11) is -3.84. The molecule has 29 heavy (non-hydrogen) atoms. The van der Waals surface area contributed by atoms with Crippen molar-refractivity contribution in [3.05, 3.63) is 59.9 Å². The summed E-state index contributed by atoms with van der Waals surface area (Å²) >= 11 is 0. The van der Waals surface area contributed by atoms with Crippen molar-refractivity contribution in [2.24, 2.45) is 0 Å². The Balaban J connectivity index is 1.62. The van der Waals surface area contributed by atoms with Crippen LogP contribution in [-0.2, 0) is 14.8 Å². The number of piperazine rings is 1. The molecule has 6 nitrogen and oxygen atoms in total. The van der Waals surface area contributed by atoms with E-state index in [4.69, 9.17) is 0 Å². The average Bonchev–Trinajstić information content (AvgIpc) is 2.70. The summed E-state index contributed by atoms with van der Waals surface area (Å²) in [4.78, 5) is 14.0. The lowest BCUT2D eigenvalue weighted by molar-refractivity contribution is -0.121. The van der Waals surface area contributed by atoms with E-state index in [9.17, 15) is 26.4 Å². The van der Waals surface area contributed by atoms with E-state index in [0.717, 1.165) is 24.3 Å². The van der Waals surface area contributed by atoms with E-state index in [1.165, 1.54) is 22.5 Å². The third-order valence-electron chi connectivity index (χ3n) is 4.82. The zero-order chi connectivity index (χ0) is 21.2. The van der Waals surface area contributed by atoms with E-state index in [1.54, 1.807) is 11.8 Å². The molecule has 0 aromatic heterocycles. The Morgan fingerprint density at radius 3 is 2.31 bits per heavy atom. The first-order chi connectivity index (χ1) is 13.7. The average molecular weight is 427 g/mol. The largest absolute Gasteiger partial charge is 0.322 e. The van der Waals surface area contributed by atoms with Gasteiger partial charge >= 0.3 is 0 Å². The van der Waals surface area contributed by atoms with Gasteiger partial charge in [0.2, 0.25) is 15.9 Å². The van der Waals surface area contributed by atoms with Gasteiger partial charge in [0.05, 0.1) is 16.6 Å². The number of hydrogen-bond acceptors (Lipinski definition) is 4. The van der Waals surface area contributed by atoms with Gasteiger partial charge < -0.3 is 5.32 Å². The minimum atomic E-state index is -3.84. The molecule has 156 valence electrons. The maximum absolute atomic E-state index is 13.7. The topological polar surface area (TPSA) is 69.7 Å². The number of halogens is 3. The highest BCUT2D eigenvalue weighted by Crippen LogP contribution is 2.20. The number of nitrogens with zero attached hydrogens (tertiary/aromatic N) is 2. The lowest BCUT2D eigenvalue weighted by Gasteiger charge is -2.36. The zero-order valence-corrected chi connectivity index (χ0v) is 16.4. The van der Waals surface area contributed by atoms with E-state index in [0.29, 0.717) is 0 Å². The molecule has 1 N–H and O–H groups in total. The third kappa shape index (κ3) is 4.77. The van der Waals surface area contributed by atoms with Crippen molar-refractivity contribution >= 4 is 21.6 Å². The number of nitrogens with one attached hydrogen (secondary N) is 1. The molecule has 1 unspecified atom stereocenters. The van der Waals surface area contributed by atoms with Gasteiger partial charge in [0.25, 0.3) is 0 Å². The standard InChI is InChI=1S/C19H20F3N3O3S/c1-13(19(26)23-18-12-15(21)5-6-17(18)22)24-7-9-25(10-8-24)29(27,28)16-4-2-3-14(20)11-16/h2-6,11-13H,7-10H2,1H3,(H,23,26). The first-order valence-corrected chi connectivity index (χ1v) is 10.4. The molecule has 10 heteroatoms. The Morgan fingerprint density at radius 2 is 1.66 bits per heavy atom. The lowest BCUT2D eigenvalue weighted by Crippen LogP contribution is -2.53. The van der Waals surface area contributed by atoms with Crippen LogP contribution in [0.25, 0.3) is 0 Å². The molecule has 1 fully saturated rings. The number of hydrogen-bond donors (Lipinski definition) is 1. The lowest BCUT2D eigenvalue weighted by atomic mass is 10.2. The number of rotatable bonds is 5. The zero-order valence-electron chi connectivity index (χ0n) is 15.6. The van der Waals surface area contributed by atoms with E-state index in [1.807, 2.05) is 0 Å². The summed E-state index contributed by atoms with van der Waals surface area (Å²) < 4.78 is 66.9. The summed E-state index contributed by atoms with van der Waals surface area (Å²) in [5.41, 5.74) is -0.255. The molecule has 1 aliphatic rings. The van der Waals surface area contributed by atoms with Crippen molar-refractivity contribution in [2.45, 2.75) is 17.9 Å². The van der Waals surface area contributed by atoms with Crippen LogP contribution in [0.3, 0.4) is 0 Å². The molecule has 0 aliphatic carbocycles. The van der Waals surface area contributed by atoms with Gasteiger partial charge in [0, 0.05) is 32.2 Å². The van der Waals surface area contributed by atoms with Crippen molar-refractivity contribution in [3.63, 3.8) is 0 Å². The van der Waals surface area contributed by atoms with Crippen LogP contribution in [0.4, 0.5) is 18.9 Å². The molecule has 0 spiro atoms. The second kappa shape index (κ2) is 8.52. The van der Waals surface area contributed by atoms with E-state index < -0.39 is 39.4 Å². The molecular formula is C19H20F3N3O3S. The summed E-state index contributed by atoms with van der Waals surface area (Å²) in [6.45, 7) is 2.35. The van der Waals surface area contributed by atoms with Gasteiger partial charge in [0.15, 0.2) is 0 Å². The molecule has 0 bridgehead atoms. The molecule has 0 radical (unpaired) electrons. The molecule has 1 atom stereocenters. The highest BCUT2D eigenvalue weighted by atomic mass is 32.2. The second-order valence-electron chi connectivity index (χ2n) is 6.69. The van der Waals surface area contributed by atoms with Crippen LogP contribution in [0.2, 0.25) is 0 Å². The minimum absolute atomic E-state index is 0.116. The highest BCUT2D eigenvalue weighted by molar-refractivity contribution is 7.89. The van der Waals surface area contributed by atoms with E-state index in [2.05, 4.69) is 5.32 Å². The first kappa shape index (κ1) is 21.3. The normalized spacial score (nSPS) is 17.1. The minimum Gasteiger partial charge on any atom is -0.322 e.